The summed E-state index contributed by atoms with van der Waals surface area (Å²) in [4.78, 5) is 0. The number of halogens is 1. The molecular weight excluding hydrogens is 280 g/mol. The molecule has 3 nitrogen and oxygen atoms in total. The van der Waals surface area contributed by atoms with Crippen LogP contribution < -0.4 is 5.32 Å². The molecule has 2 aromatic rings. The molecule has 0 aliphatic rings. The number of hydrogen-bond acceptors (Lipinski definition) is 3. The minimum Gasteiger partial charge on any atom is -0.381 e. The highest BCUT2D eigenvalue weighted by molar-refractivity contribution is 9.10. The Labute approximate surface area is 109 Å². The number of aromatic nitrogens is 1. The second kappa shape index (κ2) is 4.92. The molecule has 1 aromatic carbocycles. The van der Waals surface area contributed by atoms with Crippen LogP contribution in [0.5, 0.6) is 0 Å². The molecule has 0 bridgehead atoms. The van der Waals surface area contributed by atoms with Crippen LogP contribution in [0.15, 0.2) is 27.2 Å². The SMILES string of the molecule is Cc1ccc(NCc2c(C)noc2C)cc1Br. The fourth-order valence-corrected chi connectivity index (χ4v) is 2.03. The Morgan fingerprint density at radius 2 is 2.06 bits per heavy atom. The third-order valence-electron chi connectivity index (χ3n) is 2.82. The van der Waals surface area contributed by atoms with Crippen LogP contribution >= 0.6 is 15.9 Å². The first kappa shape index (κ1) is 12.2. The van der Waals surface area contributed by atoms with Crippen molar-refractivity contribution in [1.29, 1.82) is 0 Å². The van der Waals surface area contributed by atoms with Crippen molar-refractivity contribution in [1.82, 2.24) is 5.16 Å². The van der Waals surface area contributed by atoms with Gasteiger partial charge in [0, 0.05) is 22.3 Å². The molecule has 0 amide bonds. The summed E-state index contributed by atoms with van der Waals surface area (Å²) in [5.41, 5.74) is 4.39. The van der Waals surface area contributed by atoms with Gasteiger partial charge in [0.1, 0.15) is 5.76 Å². The van der Waals surface area contributed by atoms with Crippen LogP contribution in [0.1, 0.15) is 22.6 Å². The molecule has 90 valence electrons. The van der Waals surface area contributed by atoms with Crippen molar-refractivity contribution in [2.24, 2.45) is 0 Å². The van der Waals surface area contributed by atoms with Gasteiger partial charge in [-0.15, -0.1) is 0 Å². The van der Waals surface area contributed by atoms with E-state index < -0.39 is 0 Å². The number of benzene rings is 1. The van der Waals surface area contributed by atoms with Gasteiger partial charge in [0.25, 0.3) is 0 Å². The van der Waals surface area contributed by atoms with Gasteiger partial charge in [-0.05, 0) is 38.5 Å². The largest absolute Gasteiger partial charge is 0.381 e. The summed E-state index contributed by atoms with van der Waals surface area (Å²) < 4.78 is 6.24. The minimum atomic E-state index is 0.733. The number of hydrogen-bond donors (Lipinski definition) is 1. The molecule has 0 aliphatic heterocycles. The smallest absolute Gasteiger partial charge is 0.138 e. The van der Waals surface area contributed by atoms with Crippen LogP contribution in [0.2, 0.25) is 0 Å². The maximum absolute atomic E-state index is 5.13. The highest BCUT2D eigenvalue weighted by Gasteiger charge is 2.08. The van der Waals surface area contributed by atoms with Gasteiger partial charge in [-0.1, -0.05) is 27.2 Å². The average molecular weight is 295 g/mol. The Balaban J connectivity index is 2.10. The van der Waals surface area contributed by atoms with Crippen LogP contribution in [0.4, 0.5) is 5.69 Å². The predicted molar refractivity (Wildman–Crippen MR) is 72.2 cm³/mol. The molecular formula is C13H15BrN2O. The molecule has 0 atom stereocenters. The molecule has 0 fully saturated rings. The van der Waals surface area contributed by atoms with E-state index in [2.05, 4.69) is 51.5 Å². The first-order valence-electron chi connectivity index (χ1n) is 5.49. The zero-order valence-electron chi connectivity index (χ0n) is 10.2. The topological polar surface area (TPSA) is 38.1 Å². The molecule has 0 radical (unpaired) electrons. The minimum absolute atomic E-state index is 0.733. The lowest BCUT2D eigenvalue weighted by molar-refractivity contribution is 0.392. The van der Waals surface area contributed by atoms with E-state index in [1.54, 1.807) is 0 Å². The molecule has 1 aromatic heterocycles. The van der Waals surface area contributed by atoms with Crippen molar-refractivity contribution in [2.75, 3.05) is 5.32 Å². The van der Waals surface area contributed by atoms with E-state index in [-0.39, 0.29) is 0 Å². The van der Waals surface area contributed by atoms with Crippen molar-refractivity contribution < 1.29 is 4.52 Å². The summed E-state index contributed by atoms with van der Waals surface area (Å²) in [6, 6.07) is 6.23. The summed E-state index contributed by atoms with van der Waals surface area (Å²) in [5.74, 6) is 0.876. The van der Waals surface area contributed by atoms with Crippen LogP contribution in [0.25, 0.3) is 0 Å². The van der Waals surface area contributed by atoms with Crippen LogP contribution in [-0.2, 0) is 6.54 Å². The Morgan fingerprint density at radius 3 is 2.65 bits per heavy atom. The molecule has 0 unspecified atom stereocenters. The highest BCUT2D eigenvalue weighted by Crippen LogP contribution is 2.22. The zero-order chi connectivity index (χ0) is 12.4. The molecule has 0 saturated heterocycles. The number of nitrogens with one attached hydrogen (secondary N) is 1. The lowest BCUT2D eigenvalue weighted by Gasteiger charge is -2.07. The quantitative estimate of drug-likeness (QED) is 0.931. The molecule has 17 heavy (non-hydrogen) atoms. The molecule has 1 N–H and O–H groups in total. The van der Waals surface area contributed by atoms with Gasteiger partial charge in [-0.3, -0.25) is 0 Å². The fraction of sp³-hybridized carbons (Fsp3) is 0.308. The first-order valence-corrected chi connectivity index (χ1v) is 6.29. The third kappa shape index (κ3) is 2.69. The lowest BCUT2D eigenvalue weighted by atomic mass is 10.2. The predicted octanol–water partition coefficient (Wildman–Crippen LogP) is 3.97. The molecule has 4 heteroatoms. The van der Waals surface area contributed by atoms with Gasteiger partial charge in [-0.2, -0.15) is 0 Å². The van der Waals surface area contributed by atoms with E-state index >= 15 is 0 Å². The monoisotopic (exact) mass is 294 g/mol. The van der Waals surface area contributed by atoms with Crippen molar-refractivity contribution in [3.8, 4) is 0 Å². The van der Waals surface area contributed by atoms with E-state index in [1.165, 1.54) is 5.56 Å². The lowest BCUT2D eigenvalue weighted by Crippen LogP contribution is -2.01. The summed E-state index contributed by atoms with van der Waals surface area (Å²) in [6.07, 6.45) is 0. The Morgan fingerprint density at radius 1 is 1.29 bits per heavy atom. The van der Waals surface area contributed by atoms with Gasteiger partial charge in [-0.25, -0.2) is 0 Å². The van der Waals surface area contributed by atoms with E-state index in [1.807, 2.05) is 13.8 Å². The van der Waals surface area contributed by atoms with Gasteiger partial charge >= 0.3 is 0 Å². The Kier molecular flexibility index (Phi) is 3.52. The molecule has 2 rings (SSSR count). The van der Waals surface area contributed by atoms with Gasteiger partial charge in [0.15, 0.2) is 0 Å². The van der Waals surface area contributed by atoms with E-state index in [0.29, 0.717) is 0 Å². The summed E-state index contributed by atoms with van der Waals surface area (Å²) >= 11 is 3.52. The van der Waals surface area contributed by atoms with E-state index in [0.717, 1.165) is 33.7 Å². The maximum Gasteiger partial charge on any atom is 0.138 e. The number of nitrogens with zero attached hydrogens (tertiary/aromatic N) is 1. The molecule has 0 saturated carbocycles. The second-order valence-corrected chi connectivity index (χ2v) is 4.97. The van der Waals surface area contributed by atoms with Gasteiger partial charge in [0.2, 0.25) is 0 Å². The zero-order valence-corrected chi connectivity index (χ0v) is 11.8. The average Bonchev–Trinajstić information content (AvgIpc) is 2.61. The number of anilines is 1. The molecule has 0 spiro atoms. The van der Waals surface area contributed by atoms with Crippen LogP contribution in [-0.4, -0.2) is 5.16 Å². The highest BCUT2D eigenvalue weighted by atomic mass is 79.9. The van der Waals surface area contributed by atoms with Crippen molar-refractivity contribution in [3.05, 3.63) is 45.3 Å². The van der Waals surface area contributed by atoms with Crippen molar-refractivity contribution in [3.63, 3.8) is 0 Å². The fourth-order valence-electron chi connectivity index (χ4n) is 1.65. The van der Waals surface area contributed by atoms with Crippen LogP contribution in [0.3, 0.4) is 0 Å². The normalized spacial score (nSPS) is 10.6. The summed E-state index contributed by atoms with van der Waals surface area (Å²) in [6.45, 7) is 6.69. The Bertz CT molecular complexity index is 515. The van der Waals surface area contributed by atoms with Crippen LogP contribution in [0, 0.1) is 20.8 Å². The Hall–Kier alpha value is -1.29. The number of aryl methyl sites for hydroxylation is 3. The molecule has 1 heterocycles. The molecule has 0 aliphatic carbocycles. The van der Waals surface area contributed by atoms with Gasteiger partial charge in [0.05, 0.1) is 5.69 Å². The van der Waals surface area contributed by atoms with Gasteiger partial charge < -0.3 is 9.84 Å². The second-order valence-electron chi connectivity index (χ2n) is 4.12. The van der Waals surface area contributed by atoms with E-state index in [9.17, 15) is 0 Å². The van der Waals surface area contributed by atoms with E-state index in [4.69, 9.17) is 4.52 Å². The first-order chi connectivity index (χ1) is 8.08. The maximum atomic E-state index is 5.13. The summed E-state index contributed by atoms with van der Waals surface area (Å²) in [7, 11) is 0. The van der Waals surface area contributed by atoms with Crippen molar-refractivity contribution >= 4 is 21.6 Å². The van der Waals surface area contributed by atoms with Crippen molar-refractivity contribution in [2.45, 2.75) is 27.3 Å². The third-order valence-corrected chi connectivity index (χ3v) is 3.68. The standard InChI is InChI=1S/C13H15BrN2O/c1-8-4-5-11(6-13(8)14)15-7-12-9(2)16-17-10(12)3/h4-6,15H,7H2,1-3H3. The number of rotatable bonds is 3. The summed E-state index contributed by atoms with van der Waals surface area (Å²) in [5, 5.41) is 7.30.